The summed E-state index contributed by atoms with van der Waals surface area (Å²) in [6.45, 7) is 3.32. The fourth-order valence-electron chi connectivity index (χ4n) is 3.91. The van der Waals surface area contributed by atoms with Crippen molar-refractivity contribution in [2.45, 2.75) is 25.7 Å². The zero-order chi connectivity index (χ0) is 17.1. The molecule has 3 heterocycles. The van der Waals surface area contributed by atoms with Gasteiger partial charge in [0.15, 0.2) is 0 Å². The largest absolute Gasteiger partial charge is 0.381 e. The maximum atomic E-state index is 12.8. The lowest BCUT2D eigenvalue weighted by atomic mass is 9.74. The predicted molar refractivity (Wildman–Crippen MR) is 99.9 cm³/mol. The highest BCUT2D eigenvalue weighted by Crippen LogP contribution is 2.39. The number of ether oxygens (including phenoxy) is 1. The number of hydrogen-bond acceptors (Lipinski definition) is 4. The highest BCUT2D eigenvalue weighted by Gasteiger charge is 2.38. The van der Waals surface area contributed by atoms with Gasteiger partial charge in [0.05, 0.1) is 11.2 Å². The number of nitrogens with one attached hydrogen (secondary N) is 1. The normalized spacial score (nSPS) is 19.8. The summed E-state index contributed by atoms with van der Waals surface area (Å²) in [4.78, 5) is 19.1. The summed E-state index contributed by atoms with van der Waals surface area (Å²) in [5, 5.41) is 5.08. The van der Waals surface area contributed by atoms with Gasteiger partial charge in [0.2, 0.25) is 0 Å². The van der Waals surface area contributed by atoms with E-state index >= 15 is 0 Å². The molecule has 0 atom stereocenters. The molecule has 132 valence electrons. The van der Waals surface area contributed by atoms with Crippen LogP contribution in [-0.4, -0.2) is 42.2 Å². The number of nitrogens with zero attached hydrogens (tertiary/aromatic N) is 2. The van der Waals surface area contributed by atoms with Crippen LogP contribution in [0.5, 0.6) is 0 Å². The summed E-state index contributed by atoms with van der Waals surface area (Å²) in [6.07, 6.45) is 4.41. The monoisotopic (exact) mass is 357 g/mol. The van der Waals surface area contributed by atoms with Crippen LogP contribution < -0.4 is 5.32 Å². The Bertz CT molecular complexity index is 721. The molecular weight excluding hydrogens is 334 g/mol. The number of amides is 2. The van der Waals surface area contributed by atoms with Crippen LogP contribution in [0.25, 0.3) is 11.3 Å². The molecule has 1 N–H and O–H groups in total. The molecule has 5 nitrogen and oxygen atoms in total. The van der Waals surface area contributed by atoms with E-state index in [1.807, 2.05) is 40.1 Å². The fourth-order valence-corrected chi connectivity index (χ4v) is 4.47. The van der Waals surface area contributed by atoms with E-state index < -0.39 is 0 Å². The second-order valence-corrected chi connectivity index (χ2v) is 7.74. The van der Waals surface area contributed by atoms with Gasteiger partial charge in [-0.2, -0.15) is 0 Å². The highest BCUT2D eigenvalue weighted by atomic mass is 32.1. The first kappa shape index (κ1) is 16.5. The van der Waals surface area contributed by atoms with Gasteiger partial charge in [-0.1, -0.05) is 12.1 Å². The number of aromatic nitrogens is 1. The van der Waals surface area contributed by atoms with Gasteiger partial charge in [-0.15, -0.1) is 11.3 Å². The van der Waals surface area contributed by atoms with Gasteiger partial charge < -0.3 is 15.0 Å². The molecule has 1 spiro atoms. The van der Waals surface area contributed by atoms with Crippen LogP contribution in [-0.2, 0) is 4.74 Å². The average molecular weight is 357 g/mol. The summed E-state index contributed by atoms with van der Waals surface area (Å²) in [5.41, 5.74) is 4.87. The molecule has 2 fully saturated rings. The second-order valence-electron chi connectivity index (χ2n) is 7.02. The van der Waals surface area contributed by atoms with E-state index in [4.69, 9.17) is 4.74 Å². The molecule has 0 bridgehead atoms. The van der Waals surface area contributed by atoms with Crippen molar-refractivity contribution in [3.8, 4) is 11.3 Å². The molecule has 2 aliphatic rings. The second kappa shape index (κ2) is 7.14. The highest BCUT2D eigenvalue weighted by molar-refractivity contribution is 7.07. The number of thiazole rings is 1. The molecule has 0 radical (unpaired) electrons. The number of hydrogen-bond donors (Lipinski definition) is 1. The molecule has 0 saturated carbocycles. The Morgan fingerprint density at radius 2 is 2.16 bits per heavy atom. The molecule has 2 aliphatic heterocycles. The van der Waals surface area contributed by atoms with Crippen LogP contribution in [0, 0.1) is 5.41 Å². The lowest BCUT2D eigenvalue weighted by Crippen LogP contribution is -2.49. The molecule has 6 heteroatoms. The van der Waals surface area contributed by atoms with Crippen LogP contribution in [0.2, 0.25) is 0 Å². The van der Waals surface area contributed by atoms with Crippen molar-refractivity contribution in [2.75, 3.05) is 31.6 Å². The molecule has 0 aliphatic carbocycles. The molecular formula is C19H23N3O2S. The van der Waals surface area contributed by atoms with Crippen molar-refractivity contribution in [2.24, 2.45) is 5.41 Å². The molecule has 0 unspecified atom stereocenters. The smallest absolute Gasteiger partial charge is 0.321 e. The molecule has 1 aromatic heterocycles. The standard InChI is InChI=1S/C19H23N3O2S/c23-18(22-8-2-5-19(13-22)6-9-24-10-7-19)21-16-4-1-3-15(11-16)17-12-25-14-20-17/h1,3-4,11-12,14H,2,5-10,13H2,(H,21,23). The first-order valence-electron chi connectivity index (χ1n) is 8.87. The lowest BCUT2D eigenvalue weighted by Gasteiger charge is -2.45. The van der Waals surface area contributed by atoms with Crippen molar-refractivity contribution in [1.29, 1.82) is 0 Å². The zero-order valence-corrected chi connectivity index (χ0v) is 15.1. The Hall–Kier alpha value is -1.92. The zero-order valence-electron chi connectivity index (χ0n) is 14.2. The van der Waals surface area contributed by atoms with Crippen LogP contribution in [0.1, 0.15) is 25.7 Å². The van der Waals surface area contributed by atoms with E-state index in [0.29, 0.717) is 0 Å². The Kier molecular flexibility index (Phi) is 4.72. The minimum absolute atomic E-state index is 0.000921. The topological polar surface area (TPSA) is 54.5 Å². The van der Waals surface area contributed by atoms with E-state index in [9.17, 15) is 4.79 Å². The maximum Gasteiger partial charge on any atom is 0.321 e. The quantitative estimate of drug-likeness (QED) is 0.875. The predicted octanol–water partition coefficient (Wildman–Crippen LogP) is 4.23. The molecule has 1 aromatic carbocycles. The van der Waals surface area contributed by atoms with Gasteiger partial charge >= 0.3 is 6.03 Å². The third kappa shape index (κ3) is 3.70. The minimum atomic E-state index is 0.000921. The fraction of sp³-hybridized carbons (Fsp3) is 0.474. The van der Waals surface area contributed by atoms with Gasteiger partial charge in [-0.05, 0) is 43.2 Å². The van der Waals surface area contributed by atoms with Crippen LogP contribution in [0.15, 0.2) is 35.2 Å². The number of benzene rings is 1. The number of urea groups is 1. The summed E-state index contributed by atoms with van der Waals surface area (Å²) in [7, 11) is 0. The Balaban J connectivity index is 1.44. The van der Waals surface area contributed by atoms with E-state index in [1.54, 1.807) is 11.3 Å². The van der Waals surface area contributed by atoms with Gasteiger partial charge in [-0.25, -0.2) is 9.78 Å². The first-order chi connectivity index (χ1) is 12.2. The number of carbonyl (C=O) groups excluding carboxylic acids is 1. The van der Waals surface area contributed by atoms with Crippen LogP contribution >= 0.6 is 11.3 Å². The molecule has 2 saturated heterocycles. The van der Waals surface area contributed by atoms with Crippen LogP contribution in [0.4, 0.5) is 10.5 Å². The number of anilines is 1. The van der Waals surface area contributed by atoms with Gasteiger partial charge in [0.1, 0.15) is 0 Å². The van der Waals surface area contributed by atoms with E-state index in [0.717, 1.165) is 62.5 Å². The van der Waals surface area contributed by atoms with Gasteiger partial charge in [0.25, 0.3) is 0 Å². The Morgan fingerprint density at radius 1 is 1.28 bits per heavy atom. The third-order valence-corrected chi connectivity index (χ3v) is 5.93. The van der Waals surface area contributed by atoms with Crippen molar-refractivity contribution < 1.29 is 9.53 Å². The average Bonchev–Trinajstić information content (AvgIpc) is 3.17. The van der Waals surface area contributed by atoms with Crippen molar-refractivity contribution in [3.63, 3.8) is 0 Å². The molecule has 2 amide bonds. The van der Waals surface area contributed by atoms with Gasteiger partial charge in [0, 0.05) is 42.9 Å². The Morgan fingerprint density at radius 3 is 2.96 bits per heavy atom. The summed E-state index contributed by atoms with van der Waals surface area (Å²) < 4.78 is 5.51. The first-order valence-corrected chi connectivity index (χ1v) is 9.81. The van der Waals surface area contributed by atoms with E-state index in [2.05, 4.69) is 10.3 Å². The Labute approximate surface area is 152 Å². The maximum absolute atomic E-state index is 12.8. The number of carbonyl (C=O) groups is 1. The van der Waals surface area contributed by atoms with Crippen molar-refractivity contribution in [1.82, 2.24) is 9.88 Å². The SMILES string of the molecule is O=C(Nc1cccc(-c2cscn2)c1)N1CCCC2(CCOCC2)C1. The molecule has 2 aromatic rings. The van der Waals surface area contributed by atoms with E-state index in [1.165, 1.54) is 6.42 Å². The number of rotatable bonds is 2. The molecule has 25 heavy (non-hydrogen) atoms. The molecule has 4 rings (SSSR count). The lowest BCUT2D eigenvalue weighted by molar-refractivity contribution is -0.0175. The van der Waals surface area contributed by atoms with E-state index in [-0.39, 0.29) is 11.4 Å². The number of likely N-dealkylation sites (tertiary alicyclic amines) is 1. The third-order valence-electron chi connectivity index (χ3n) is 5.34. The number of piperidine rings is 1. The van der Waals surface area contributed by atoms with Crippen molar-refractivity contribution >= 4 is 23.1 Å². The minimum Gasteiger partial charge on any atom is -0.381 e. The van der Waals surface area contributed by atoms with Crippen molar-refractivity contribution in [3.05, 3.63) is 35.2 Å². The summed E-state index contributed by atoms with van der Waals surface area (Å²) in [5.74, 6) is 0. The van der Waals surface area contributed by atoms with Crippen LogP contribution in [0.3, 0.4) is 0 Å². The summed E-state index contributed by atoms with van der Waals surface area (Å²) in [6, 6.07) is 7.90. The summed E-state index contributed by atoms with van der Waals surface area (Å²) >= 11 is 1.57. The van der Waals surface area contributed by atoms with Gasteiger partial charge in [-0.3, -0.25) is 0 Å².